The molecule has 1 fully saturated rings. The van der Waals surface area contributed by atoms with Gasteiger partial charge in [0.15, 0.2) is 0 Å². The summed E-state index contributed by atoms with van der Waals surface area (Å²) in [7, 11) is -3.60. The van der Waals surface area contributed by atoms with Gasteiger partial charge in [0.05, 0.1) is 4.90 Å². The number of rotatable bonds is 5. The molecule has 18 heavy (non-hydrogen) atoms. The van der Waals surface area contributed by atoms with E-state index in [4.69, 9.17) is 11.6 Å². The molecule has 1 aliphatic carbocycles. The Bertz CT molecular complexity index is 593. The standard InChI is InChI=1S/C11H15ClN2O3S/c1-7(8-2-3-8)5-14-18(16,17)9-4-10(12)11(15)13-6-9/h4,6-8,14H,2-3,5H2,1H3,(H,13,15). The minimum Gasteiger partial charge on any atom is -0.326 e. The van der Waals surface area contributed by atoms with E-state index in [-0.39, 0.29) is 9.92 Å². The van der Waals surface area contributed by atoms with E-state index in [9.17, 15) is 13.2 Å². The fourth-order valence-corrected chi connectivity index (χ4v) is 3.12. The summed E-state index contributed by atoms with van der Waals surface area (Å²) in [6.45, 7) is 2.43. The quantitative estimate of drug-likeness (QED) is 0.859. The zero-order valence-electron chi connectivity index (χ0n) is 9.94. The van der Waals surface area contributed by atoms with Crippen molar-refractivity contribution in [3.8, 4) is 0 Å². The summed E-state index contributed by atoms with van der Waals surface area (Å²) in [6, 6.07) is 1.16. The highest BCUT2D eigenvalue weighted by molar-refractivity contribution is 7.89. The summed E-state index contributed by atoms with van der Waals surface area (Å²) < 4.78 is 26.4. The Hall–Kier alpha value is -0.850. The molecule has 2 N–H and O–H groups in total. The van der Waals surface area contributed by atoms with Crippen LogP contribution >= 0.6 is 11.6 Å². The molecule has 2 rings (SSSR count). The van der Waals surface area contributed by atoms with Crippen molar-refractivity contribution in [2.75, 3.05) is 6.54 Å². The van der Waals surface area contributed by atoms with Crippen LogP contribution in [0, 0.1) is 11.8 Å². The van der Waals surface area contributed by atoms with E-state index in [1.807, 2.05) is 6.92 Å². The van der Waals surface area contributed by atoms with Crippen molar-refractivity contribution in [1.82, 2.24) is 9.71 Å². The topological polar surface area (TPSA) is 79.0 Å². The Labute approximate surface area is 111 Å². The zero-order chi connectivity index (χ0) is 13.3. The number of hydrogen-bond acceptors (Lipinski definition) is 3. The summed E-state index contributed by atoms with van der Waals surface area (Å²) in [5.74, 6) is 0.963. The Morgan fingerprint density at radius 1 is 1.56 bits per heavy atom. The van der Waals surface area contributed by atoms with Gasteiger partial charge in [-0.1, -0.05) is 18.5 Å². The van der Waals surface area contributed by atoms with Crippen LogP contribution in [0.2, 0.25) is 5.02 Å². The van der Waals surface area contributed by atoms with Crippen molar-refractivity contribution in [3.05, 3.63) is 27.6 Å². The fraction of sp³-hybridized carbons (Fsp3) is 0.545. The number of H-pyrrole nitrogens is 1. The van der Waals surface area contributed by atoms with Gasteiger partial charge < -0.3 is 4.98 Å². The first kappa shape index (κ1) is 13.6. The fourth-order valence-electron chi connectivity index (χ4n) is 1.75. The van der Waals surface area contributed by atoms with Gasteiger partial charge in [-0.2, -0.15) is 0 Å². The summed E-state index contributed by atoms with van der Waals surface area (Å²) >= 11 is 5.61. The molecular formula is C11H15ClN2O3S. The molecule has 0 saturated heterocycles. The van der Waals surface area contributed by atoms with Gasteiger partial charge in [0, 0.05) is 12.7 Å². The highest BCUT2D eigenvalue weighted by Crippen LogP contribution is 2.36. The lowest BCUT2D eigenvalue weighted by molar-refractivity contribution is 0.491. The maximum Gasteiger partial charge on any atom is 0.266 e. The Morgan fingerprint density at radius 3 is 2.78 bits per heavy atom. The zero-order valence-corrected chi connectivity index (χ0v) is 11.5. The van der Waals surface area contributed by atoms with Crippen LogP contribution in [0.4, 0.5) is 0 Å². The van der Waals surface area contributed by atoms with Crippen LogP contribution in [0.3, 0.4) is 0 Å². The summed E-state index contributed by atoms with van der Waals surface area (Å²) in [4.78, 5) is 13.3. The number of sulfonamides is 1. The Balaban J connectivity index is 2.09. The van der Waals surface area contributed by atoms with Crippen molar-refractivity contribution >= 4 is 21.6 Å². The molecule has 7 heteroatoms. The van der Waals surface area contributed by atoms with Gasteiger partial charge in [0.25, 0.3) is 5.56 Å². The maximum absolute atomic E-state index is 12.0. The highest BCUT2D eigenvalue weighted by atomic mass is 35.5. The largest absolute Gasteiger partial charge is 0.326 e. The predicted molar refractivity (Wildman–Crippen MR) is 69.1 cm³/mol. The Kier molecular flexibility index (Phi) is 3.79. The average molecular weight is 291 g/mol. The number of aromatic nitrogens is 1. The molecule has 0 bridgehead atoms. The lowest BCUT2D eigenvalue weighted by atomic mass is 10.1. The molecule has 0 amide bonds. The Morgan fingerprint density at radius 2 is 2.22 bits per heavy atom. The van der Waals surface area contributed by atoms with E-state index in [2.05, 4.69) is 9.71 Å². The van der Waals surface area contributed by atoms with Gasteiger partial charge in [-0.05, 0) is 30.7 Å². The van der Waals surface area contributed by atoms with Crippen molar-refractivity contribution in [1.29, 1.82) is 0 Å². The molecule has 0 radical (unpaired) electrons. The van der Waals surface area contributed by atoms with E-state index in [0.29, 0.717) is 18.4 Å². The molecule has 0 spiro atoms. The summed E-state index contributed by atoms with van der Waals surface area (Å²) in [5.41, 5.74) is -0.498. The van der Waals surface area contributed by atoms with Crippen LogP contribution in [0.15, 0.2) is 22.0 Å². The van der Waals surface area contributed by atoms with Crippen molar-refractivity contribution in [2.24, 2.45) is 11.8 Å². The van der Waals surface area contributed by atoms with Crippen molar-refractivity contribution in [2.45, 2.75) is 24.7 Å². The number of aromatic amines is 1. The second kappa shape index (κ2) is 5.03. The number of pyridine rings is 1. The maximum atomic E-state index is 12.0. The molecule has 5 nitrogen and oxygen atoms in total. The lowest BCUT2D eigenvalue weighted by Crippen LogP contribution is -2.29. The van der Waals surface area contributed by atoms with Gasteiger partial charge >= 0.3 is 0 Å². The van der Waals surface area contributed by atoms with Gasteiger partial charge in [-0.25, -0.2) is 13.1 Å². The molecule has 1 unspecified atom stereocenters. The third kappa shape index (κ3) is 3.13. The van der Waals surface area contributed by atoms with E-state index in [1.54, 1.807) is 0 Å². The van der Waals surface area contributed by atoms with E-state index < -0.39 is 15.6 Å². The van der Waals surface area contributed by atoms with Crippen LogP contribution in [-0.2, 0) is 10.0 Å². The van der Waals surface area contributed by atoms with Gasteiger partial charge in [-0.15, -0.1) is 0 Å². The third-order valence-electron chi connectivity index (χ3n) is 3.16. The van der Waals surface area contributed by atoms with E-state index in [1.165, 1.54) is 12.8 Å². The predicted octanol–water partition coefficient (Wildman–Crippen LogP) is 1.35. The first-order valence-electron chi connectivity index (χ1n) is 5.78. The van der Waals surface area contributed by atoms with Gasteiger partial charge in [-0.3, -0.25) is 4.79 Å². The SMILES string of the molecule is CC(CNS(=O)(=O)c1c[nH]c(=O)c(Cl)c1)C1CC1. The minimum atomic E-state index is -3.60. The van der Waals surface area contributed by atoms with Crippen LogP contribution < -0.4 is 10.3 Å². The molecule has 1 aromatic heterocycles. The van der Waals surface area contributed by atoms with E-state index in [0.717, 1.165) is 12.3 Å². The van der Waals surface area contributed by atoms with Crippen LogP contribution in [0.5, 0.6) is 0 Å². The first-order chi connectivity index (χ1) is 8.40. The second-order valence-electron chi connectivity index (χ2n) is 4.68. The van der Waals surface area contributed by atoms with Crippen LogP contribution in [0.1, 0.15) is 19.8 Å². The molecule has 1 aliphatic rings. The number of halogens is 1. The number of hydrogen-bond donors (Lipinski definition) is 2. The molecule has 1 atom stereocenters. The average Bonchev–Trinajstić information content (AvgIpc) is 3.13. The highest BCUT2D eigenvalue weighted by Gasteiger charge is 2.28. The lowest BCUT2D eigenvalue weighted by Gasteiger charge is -2.11. The van der Waals surface area contributed by atoms with E-state index >= 15 is 0 Å². The van der Waals surface area contributed by atoms with Gasteiger partial charge in [0.2, 0.25) is 10.0 Å². The van der Waals surface area contributed by atoms with Crippen LogP contribution in [0.25, 0.3) is 0 Å². The van der Waals surface area contributed by atoms with Crippen LogP contribution in [-0.4, -0.2) is 19.9 Å². The molecule has 1 heterocycles. The smallest absolute Gasteiger partial charge is 0.266 e. The second-order valence-corrected chi connectivity index (χ2v) is 6.85. The molecule has 1 saturated carbocycles. The molecular weight excluding hydrogens is 276 g/mol. The molecule has 0 aromatic carbocycles. The summed E-state index contributed by atoms with van der Waals surface area (Å²) in [5, 5.41) is -0.131. The summed E-state index contributed by atoms with van der Waals surface area (Å²) in [6.07, 6.45) is 3.50. The first-order valence-corrected chi connectivity index (χ1v) is 7.64. The minimum absolute atomic E-state index is 0.0184. The molecule has 1 aromatic rings. The van der Waals surface area contributed by atoms with Crippen molar-refractivity contribution in [3.63, 3.8) is 0 Å². The molecule has 0 aliphatic heterocycles. The van der Waals surface area contributed by atoms with Gasteiger partial charge in [0.1, 0.15) is 5.02 Å². The molecule has 100 valence electrons. The monoisotopic (exact) mass is 290 g/mol. The van der Waals surface area contributed by atoms with Crippen molar-refractivity contribution < 1.29 is 8.42 Å². The number of nitrogens with one attached hydrogen (secondary N) is 2. The normalized spacial score (nSPS) is 17.7. The third-order valence-corrected chi connectivity index (χ3v) is 4.85.